The summed E-state index contributed by atoms with van der Waals surface area (Å²) in [4.78, 5) is 4.11. The van der Waals surface area contributed by atoms with E-state index < -0.39 is 0 Å². The molecule has 0 aliphatic rings. The molecule has 4 nitrogen and oxygen atoms in total. The van der Waals surface area contributed by atoms with Gasteiger partial charge in [0.25, 0.3) is 0 Å². The fourth-order valence-corrected chi connectivity index (χ4v) is 0.249. The van der Waals surface area contributed by atoms with E-state index in [1.54, 1.807) is 7.11 Å². The van der Waals surface area contributed by atoms with Crippen LogP contribution in [0.15, 0.2) is 0 Å². The van der Waals surface area contributed by atoms with E-state index in [1.807, 2.05) is 0 Å². The fourth-order valence-electron chi connectivity index (χ4n) is 0.249. The molecule has 0 amide bonds. The van der Waals surface area contributed by atoms with Crippen molar-refractivity contribution < 1.29 is 14.3 Å². The maximum atomic E-state index is 4.75. The van der Waals surface area contributed by atoms with Gasteiger partial charge < -0.3 is 9.47 Å². The third-order valence-corrected chi connectivity index (χ3v) is 0.583. The van der Waals surface area contributed by atoms with Gasteiger partial charge in [0.15, 0.2) is 6.79 Å². The highest BCUT2D eigenvalue weighted by atomic mass is 16.7. The van der Waals surface area contributed by atoms with Crippen LogP contribution < -0.4 is 5.90 Å². The maximum Gasteiger partial charge on any atom is 0.166 e. The number of ether oxygens (including phenoxy) is 2. The van der Waals surface area contributed by atoms with Crippen molar-refractivity contribution >= 4 is 0 Å². The Morgan fingerprint density at radius 1 is 1.38 bits per heavy atom. The normalized spacial score (nSPS) is 9.75. The second-order valence-corrected chi connectivity index (χ2v) is 1.19. The lowest BCUT2D eigenvalue weighted by Gasteiger charge is -1.98. The van der Waals surface area contributed by atoms with Crippen LogP contribution in [0.1, 0.15) is 0 Å². The Hall–Kier alpha value is -0.160. The molecule has 0 fully saturated rings. The van der Waals surface area contributed by atoms with Crippen LogP contribution in [0.4, 0.5) is 0 Å². The molecule has 0 aliphatic carbocycles. The van der Waals surface area contributed by atoms with Gasteiger partial charge in [0.2, 0.25) is 0 Å². The van der Waals surface area contributed by atoms with Gasteiger partial charge in [-0.3, -0.25) is 4.84 Å². The quantitative estimate of drug-likeness (QED) is 0.302. The van der Waals surface area contributed by atoms with Gasteiger partial charge in [0, 0.05) is 7.11 Å². The summed E-state index contributed by atoms with van der Waals surface area (Å²) in [6.07, 6.45) is 0. The lowest BCUT2D eigenvalue weighted by Crippen LogP contribution is -2.08. The van der Waals surface area contributed by atoms with Gasteiger partial charge in [-0.2, -0.15) is 0 Å². The first-order chi connectivity index (χ1) is 3.91. The van der Waals surface area contributed by atoms with Crippen molar-refractivity contribution in [1.82, 2.24) is 0 Å². The van der Waals surface area contributed by atoms with E-state index in [0.29, 0.717) is 13.2 Å². The third-order valence-electron chi connectivity index (χ3n) is 0.583. The largest absolute Gasteiger partial charge is 0.382 e. The van der Waals surface area contributed by atoms with Crippen molar-refractivity contribution in [2.24, 2.45) is 5.90 Å². The number of hydrogen-bond donors (Lipinski definition) is 1. The summed E-state index contributed by atoms with van der Waals surface area (Å²) >= 11 is 0. The van der Waals surface area contributed by atoms with Gasteiger partial charge in [0.1, 0.15) is 0 Å². The molecular formula is C4H11NO3. The molecule has 8 heavy (non-hydrogen) atoms. The van der Waals surface area contributed by atoms with Crippen molar-refractivity contribution in [3.05, 3.63) is 0 Å². The van der Waals surface area contributed by atoms with Crippen molar-refractivity contribution in [3.8, 4) is 0 Å². The molecule has 0 aromatic carbocycles. The number of methoxy groups -OCH3 is 1. The first-order valence-corrected chi connectivity index (χ1v) is 2.30. The van der Waals surface area contributed by atoms with E-state index in [-0.39, 0.29) is 6.79 Å². The number of hydrogen-bond acceptors (Lipinski definition) is 4. The first-order valence-electron chi connectivity index (χ1n) is 2.30. The SMILES string of the molecule is COCCOCON. The molecule has 4 heteroatoms. The van der Waals surface area contributed by atoms with Gasteiger partial charge in [-0.25, -0.2) is 5.90 Å². The summed E-state index contributed by atoms with van der Waals surface area (Å²) in [7, 11) is 1.60. The Labute approximate surface area is 48.5 Å². The zero-order valence-electron chi connectivity index (χ0n) is 4.92. The summed E-state index contributed by atoms with van der Waals surface area (Å²) in [5.74, 6) is 4.64. The average Bonchev–Trinajstić information content (AvgIpc) is 1.81. The fraction of sp³-hybridized carbons (Fsp3) is 1.00. The highest BCUT2D eigenvalue weighted by molar-refractivity contribution is 4.20. The second-order valence-electron chi connectivity index (χ2n) is 1.19. The summed E-state index contributed by atoms with van der Waals surface area (Å²) < 4.78 is 9.42. The van der Waals surface area contributed by atoms with Crippen molar-refractivity contribution in [2.75, 3.05) is 27.1 Å². The van der Waals surface area contributed by atoms with Crippen LogP contribution in [-0.4, -0.2) is 27.1 Å². The average molecular weight is 121 g/mol. The molecule has 0 radical (unpaired) electrons. The van der Waals surface area contributed by atoms with Gasteiger partial charge in [-0.15, -0.1) is 0 Å². The molecular weight excluding hydrogens is 110 g/mol. The molecule has 2 N–H and O–H groups in total. The highest BCUT2D eigenvalue weighted by Gasteiger charge is 1.81. The van der Waals surface area contributed by atoms with Crippen LogP contribution in [0.25, 0.3) is 0 Å². The van der Waals surface area contributed by atoms with Crippen LogP contribution in [0.5, 0.6) is 0 Å². The van der Waals surface area contributed by atoms with Crippen LogP contribution in [0.3, 0.4) is 0 Å². The standard InChI is InChI=1S/C4H11NO3/c1-6-2-3-7-4-8-5/h2-5H2,1H3. The van der Waals surface area contributed by atoms with Gasteiger partial charge >= 0.3 is 0 Å². The number of nitrogens with two attached hydrogens (primary N) is 1. The maximum absolute atomic E-state index is 4.75. The molecule has 0 spiro atoms. The van der Waals surface area contributed by atoms with Crippen molar-refractivity contribution in [2.45, 2.75) is 0 Å². The minimum Gasteiger partial charge on any atom is -0.382 e. The summed E-state index contributed by atoms with van der Waals surface area (Å²) in [5.41, 5.74) is 0. The van der Waals surface area contributed by atoms with E-state index in [0.717, 1.165) is 0 Å². The Kier molecular flexibility index (Phi) is 6.70. The van der Waals surface area contributed by atoms with Crippen molar-refractivity contribution in [1.29, 1.82) is 0 Å². The molecule has 0 heterocycles. The zero-order chi connectivity index (χ0) is 6.24. The van der Waals surface area contributed by atoms with E-state index in [1.165, 1.54) is 0 Å². The molecule has 0 atom stereocenters. The number of rotatable bonds is 5. The monoisotopic (exact) mass is 121 g/mol. The molecule has 0 saturated carbocycles. The Morgan fingerprint density at radius 2 is 2.12 bits per heavy atom. The van der Waals surface area contributed by atoms with E-state index in [2.05, 4.69) is 15.5 Å². The minimum absolute atomic E-state index is 0.128. The van der Waals surface area contributed by atoms with Gasteiger partial charge in [-0.1, -0.05) is 0 Å². The summed E-state index contributed by atoms with van der Waals surface area (Å²) in [6.45, 7) is 1.22. The zero-order valence-corrected chi connectivity index (χ0v) is 4.92. The molecule has 0 aromatic heterocycles. The molecule has 0 saturated heterocycles. The lowest BCUT2D eigenvalue weighted by atomic mass is 10.8. The molecule has 0 aromatic rings. The molecule has 50 valence electrons. The predicted molar refractivity (Wildman–Crippen MR) is 28.0 cm³/mol. The van der Waals surface area contributed by atoms with Crippen LogP contribution in [0.2, 0.25) is 0 Å². The smallest absolute Gasteiger partial charge is 0.166 e. The highest BCUT2D eigenvalue weighted by Crippen LogP contribution is 1.72. The second kappa shape index (κ2) is 6.84. The first kappa shape index (κ1) is 7.84. The van der Waals surface area contributed by atoms with Crippen LogP contribution in [-0.2, 0) is 14.3 Å². The lowest BCUT2D eigenvalue weighted by molar-refractivity contribution is -0.0672. The molecule has 0 bridgehead atoms. The van der Waals surface area contributed by atoms with E-state index in [9.17, 15) is 0 Å². The predicted octanol–water partition coefficient (Wildman–Crippen LogP) is -0.503. The molecule has 0 aliphatic heterocycles. The Bertz CT molecular complexity index is 36.3. The van der Waals surface area contributed by atoms with Crippen LogP contribution >= 0.6 is 0 Å². The molecule has 0 unspecified atom stereocenters. The van der Waals surface area contributed by atoms with Gasteiger partial charge in [0.05, 0.1) is 13.2 Å². The van der Waals surface area contributed by atoms with Crippen molar-refractivity contribution in [3.63, 3.8) is 0 Å². The van der Waals surface area contributed by atoms with E-state index >= 15 is 0 Å². The summed E-state index contributed by atoms with van der Waals surface area (Å²) in [5, 5.41) is 0. The summed E-state index contributed by atoms with van der Waals surface area (Å²) in [6, 6.07) is 0. The van der Waals surface area contributed by atoms with E-state index in [4.69, 9.17) is 4.74 Å². The van der Waals surface area contributed by atoms with Gasteiger partial charge in [-0.05, 0) is 0 Å². The topological polar surface area (TPSA) is 53.7 Å². The van der Waals surface area contributed by atoms with Crippen LogP contribution in [0, 0.1) is 0 Å². The Morgan fingerprint density at radius 3 is 2.62 bits per heavy atom. The minimum atomic E-state index is 0.128. The Balaban J connectivity index is 2.53. The third kappa shape index (κ3) is 5.84. The molecule has 0 rings (SSSR count).